The van der Waals surface area contributed by atoms with E-state index in [1.165, 1.54) is 35.1 Å². The topological polar surface area (TPSA) is 90.0 Å². The zero-order valence-corrected chi connectivity index (χ0v) is 11.7. The van der Waals surface area contributed by atoms with E-state index in [1.54, 1.807) is 7.05 Å². The van der Waals surface area contributed by atoms with Crippen LogP contribution in [0.4, 0.5) is 5.82 Å². The van der Waals surface area contributed by atoms with Crippen molar-refractivity contribution in [2.75, 3.05) is 5.73 Å². The fraction of sp³-hybridized carbons (Fsp3) is 0.182. The van der Waals surface area contributed by atoms with E-state index in [2.05, 4.69) is 9.82 Å². The third-order valence-corrected chi connectivity index (χ3v) is 4.31. The predicted octanol–water partition coefficient (Wildman–Crippen LogP) is 1.13. The highest BCUT2D eigenvalue weighted by Gasteiger charge is 2.15. The molecule has 0 aliphatic rings. The van der Waals surface area contributed by atoms with Crippen LogP contribution in [0.15, 0.2) is 35.4 Å². The number of benzene rings is 1. The molecule has 3 N–H and O–H groups in total. The number of sulfonamides is 1. The molecule has 0 aliphatic heterocycles. The molecule has 1 aromatic carbocycles. The summed E-state index contributed by atoms with van der Waals surface area (Å²) in [5, 5.41) is 4.42. The van der Waals surface area contributed by atoms with Gasteiger partial charge in [-0.2, -0.15) is 5.10 Å². The van der Waals surface area contributed by atoms with Gasteiger partial charge in [-0.1, -0.05) is 11.6 Å². The van der Waals surface area contributed by atoms with Crippen molar-refractivity contribution in [1.29, 1.82) is 0 Å². The minimum Gasteiger partial charge on any atom is -0.384 e. The van der Waals surface area contributed by atoms with Crippen molar-refractivity contribution in [1.82, 2.24) is 14.5 Å². The van der Waals surface area contributed by atoms with Gasteiger partial charge in [0.15, 0.2) is 0 Å². The molecule has 0 saturated carbocycles. The number of aryl methyl sites for hydroxylation is 1. The second-order valence-electron chi connectivity index (χ2n) is 3.96. The number of anilines is 1. The number of aromatic nitrogens is 2. The van der Waals surface area contributed by atoms with Crippen LogP contribution in [-0.4, -0.2) is 18.2 Å². The van der Waals surface area contributed by atoms with Crippen molar-refractivity contribution in [2.45, 2.75) is 11.4 Å². The number of rotatable bonds is 4. The molecule has 102 valence electrons. The van der Waals surface area contributed by atoms with E-state index in [9.17, 15) is 8.42 Å². The lowest BCUT2D eigenvalue weighted by atomic mass is 10.3. The number of halogens is 1. The van der Waals surface area contributed by atoms with Gasteiger partial charge in [-0.15, -0.1) is 0 Å². The molecule has 0 saturated heterocycles. The van der Waals surface area contributed by atoms with Crippen LogP contribution in [0, 0.1) is 0 Å². The lowest BCUT2D eigenvalue weighted by Gasteiger charge is -2.06. The smallest absolute Gasteiger partial charge is 0.240 e. The first-order valence-electron chi connectivity index (χ1n) is 5.42. The maximum absolute atomic E-state index is 12.0. The summed E-state index contributed by atoms with van der Waals surface area (Å²) in [4.78, 5) is 0.152. The molecule has 0 amide bonds. The van der Waals surface area contributed by atoms with Crippen LogP contribution < -0.4 is 10.5 Å². The van der Waals surface area contributed by atoms with E-state index >= 15 is 0 Å². The maximum Gasteiger partial charge on any atom is 0.240 e. The molecule has 6 nitrogen and oxygen atoms in total. The third-order valence-electron chi connectivity index (χ3n) is 2.64. The molecule has 0 atom stereocenters. The largest absolute Gasteiger partial charge is 0.384 e. The lowest BCUT2D eigenvalue weighted by molar-refractivity contribution is 0.581. The van der Waals surface area contributed by atoms with E-state index in [0.29, 0.717) is 16.4 Å². The maximum atomic E-state index is 12.0. The molecule has 0 radical (unpaired) electrons. The second kappa shape index (κ2) is 5.20. The molecule has 8 heteroatoms. The highest BCUT2D eigenvalue weighted by Crippen LogP contribution is 2.15. The quantitative estimate of drug-likeness (QED) is 0.886. The summed E-state index contributed by atoms with van der Waals surface area (Å²) in [6, 6.07) is 5.93. The van der Waals surface area contributed by atoms with Gasteiger partial charge >= 0.3 is 0 Å². The number of hydrogen-bond donors (Lipinski definition) is 2. The number of nitrogens with one attached hydrogen (secondary N) is 1. The highest BCUT2D eigenvalue weighted by atomic mass is 35.5. The Labute approximate surface area is 116 Å². The summed E-state index contributed by atoms with van der Waals surface area (Å²) in [6.07, 6.45) is 1.53. The first-order chi connectivity index (χ1) is 8.90. The molecule has 2 aromatic rings. The Morgan fingerprint density at radius 2 is 2.00 bits per heavy atom. The summed E-state index contributed by atoms with van der Waals surface area (Å²) < 4.78 is 28.0. The summed E-state index contributed by atoms with van der Waals surface area (Å²) in [6.45, 7) is 0.0879. The average molecular weight is 301 g/mol. The van der Waals surface area contributed by atoms with Gasteiger partial charge in [0, 0.05) is 24.2 Å². The normalized spacial score (nSPS) is 11.7. The van der Waals surface area contributed by atoms with Crippen LogP contribution in [-0.2, 0) is 23.6 Å². The van der Waals surface area contributed by atoms with Crippen LogP contribution in [0.1, 0.15) is 5.56 Å². The average Bonchev–Trinajstić information content (AvgIpc) is 2.68. The Balaban J connectivity index is 2.14. The monoisotopic (exact) mass is 300 g/mol. The van der Waals surface area contributed by atoms with Crippen molar-refractivity contribution in [3.05, 3.63) is 41.0 Å². The highest BCUT2D eigenvalue weighted by molar-refractivity contribution is 7.89. The Hall–Kier alpha value is -1.57. The van der Waals surface area contributed by atoms with E-state index in [-0.39, 0.29) is 11.4 Å². The molecule has 0 spiro atoms. The Morgan fingerprint density at radius 1 is 1.37 bits per heavy atom. The molecule has 0 fully saturated rings. The minimum absolute atomic E-state index is 0.0879. The molecule has 0 aliphatic carbocycles. The zero-order chi connectivity index (χ0) is 14.0. The van der Waals surface area contributed by atoms with E-state index in [1.807, 2.05) is 0 Å². The fourth-order valence-electron chi connectivity index (χ4n) is 1.50. The zero-order valence-electron chi connectivity index (χ0n) is 10.2. The molecule has 1 heterocycles. The fourth-order valence-corrected chi connectivity index (χ4v) is 2.63. The van der Waals surface area contributed by atoms with Gasteiger partial charge in [0.1, 0.15) is 5.82 Å². The summed E-state index contributed by atoms with van der Waals surface area (Å²) in [7, 11) is -1.90. The molecule has 0 unspecified atom stereocenters. The molecule has 19 heavy (non-hydrogen) atoms. The Morgan fingerprint density at radius 3 is 2.53 bits per heavy atom. The van der Waals surface area contributed by atoms with Gasteiger partial charge in [-0.05, 0) is 24.3 Å². The first-order valence-corrected chi connectivity index (χ1v) is 7.28. The van der Waals surface area contributed by atoms with Crippen molar-refractivity contribution in [3.63, 3.8) is 0 Å². The SMILES string of the molecule is Cn1ncc(CNS(=O)(=O)c2ccc(Cl)cc2)c1N. The van der Waals surface area contributed by atoms with Crippen molar-refractivity contribution in [3.8, 4) is 0 Å². The predicted molar refractivity (Wildman–Crippen MR) is 73.1 cm³/mol. The summed E-state index contributed by atoms with van der Waals surface area (Å²) in [5.74, 6) is 0.429. The van der Waals surface area contributed by atoms with Gasteiger partial charge in [-0.25, -0.2) is 13.1 Å². The molecular formula is C11H13ClN4O2S. The second-order valence-corrected chi connectivity index (χ2v) is 6.16. The molecule has 2 rings (SSSR count). The molecule has 1 aromatic heterocycles. The number of nitrogen functional groups attached to an aromatic ring is 1. The van der Waals surface area contributed by atoms with Crippen LogP contribution >= 0.6 is 11.6 Å². The van der Waals surface area contributed by atoms with Crippen LogP contribution in [0.25, 0.3) is 0 Å². The van der Waals surface area contributed by atoms with Gasteiger partial charge in [0.05, 0.1) is 11.1 Å². The minimum atomic E-state index is -3.58. The van der Waals surface area contributed by atoms with Gasteiger partial charge in [0.2, 0.25) is 10.0 Å². The van der Waals surface area contributed by atoms with Gasteiger partial charge < -0.3 is 5.73 Å². The summed E-state index contributed by atoms with van der Waals surface area (Å²) >= 11 is 5.72. The standard InChI is InChI=1S/C11H13ClN4O2S/c1-16-11(13)8(6-14-16)7-15-19(17,18)10-4-2-9(12)3-5-10/h2-6,15H,7,13H2,1H3. The first kappa shape index (κ1) is 13.9. The lowest BCUT2D eigenvalue weighted by Crippen LogP contribution is -2.23. The third kappa shape index (κ3) is 3.06. The number of hydrogen-bond acceptors (Lipinski definition) is 4. The van der Waals surface area contributed by atoms with E-state index < -0.39 is 10.0 Å². The van der Waals surface area contributed by atoms with Gasteiger partial charge in [-0.3, -0.25) is 4.68 Å². The van der Waals surface area contributed by atoms with E-state index in [0.717, 1.165) is 0 Å². The van der Waals surface area contributed by atoms with E-state index in [4.69, 9.17) is 17.3 Å². The molecular weight excluding hydrogens is 288 g/mol. The van der Waals surface area contributed by atoms with Crippen LogP contribution in [0.5, 0.6) is 0 Å². The van der Waals surface area contributed by atoms with Crippen molar-refractivity contribution >= 4 is 27.4 Å². The van der Waals surface area contributed by atoms with Crippen LogP contribution in [0.2, 0.25) is 5.02 Å². The number of nitrogens with zero attached hydrogens (tertiary/aromatic N) is 2. The van der Waals surface area contributed by atoms with Crippen LogP contribution in [0.3, 0.4) is 0 Å². The number of nitrogens with two attached hydrogens (primary N) is 1. The van der Waals surface area contributed by atoms with Crippen molar-refractivity contribution in [2.24, 2.45) is 7.05 Å². The van der Waals surface area contributed by atoms with Gasteiger partial charge in [0.25, 0.3) is 0 Å². The Bertz CT molecular complexity index is 679. The molecule has 0 bridgehead atoms. The Kier molecular flexibility index (Phi) is 3.79. The summed E-state index contributed by atoms with van der Waals surface area (Å²) in [5.41, 5.74) is 6.36. The van der Waals surface area contributed by atoms with Crippen molar-refractivity contribution < 1.29 is 8.42 Å².